The Balaban J connectivity index is -0.0000000800. The van der Waals surface area contributed by atoms with Gasteiger partial charge in [-0.2, -0.15) is 0 Å². The summed E-state index contributed by atoms with van der Waals surface area (Å²) in [5, 5.41) is 19.3. The van der Waals surface area contributed by atoms with Crippen molar-refractivity contribution in [3.05, 3.63) is 0 Å². The SMILES string of the molecule is CCCCC(=O)[O-].CCCCC(=O)[O-].[In+3].[OH-]. The molecule has 6 heteroatoms. The molecule has 0 aromatic heterocycles. The van der Waals surface area contributed by atoms with Crippen LogP contribution in [0.5, 0.6) is 0 Å². The van der Waals surface area contributed by atoms with Crippen LogP contribution in [0.4, 0.5) is 0 Å². The summed E-state index contributed by atoms with van der Waals surface area (Å²) >= 11 is 0. The second-order valence-electron chi connectivity index (χ2n) is 2.95. The van der Waals surface area contributed by atoms with E-state index in [4.69, 9.17) is 0 Å². The fraction of sp³-hybridized carbons (Fsp3) is 0.800. The molecular formula is C10H19InO5. The van der Waals surface area contributed by atoms with E-state index in [1.807, 2.05) is 13.8 Å². The van der Waals surface area contributed by atoms with E-state index in [1.54, 1.807) is 0 Å². The number of aliphatic carboxylic acids is 2. The minimum atomic E-state index is -0.943. The van der Waals surface area contributed by atoms with Crippen LogP contribution in [-0.2, 0) is 9.59 Å². The van der Waals surface area contributed by atoms with Crippen LogP contribution in [0.3, 0.4) is 0 Å². The maximum absolute atomic E-state index is 9.65. The summed E-state index contributed by atoms with van der Waals surface area (Å²) in [7, 11) is 0. The van der Waals surface area contributed by atoms with Crippen LogP contribution in [0.1, 0.15) is 52.4 Å². The van der Waals surface area contributed by atoms with Crippen LogP contribution in [-0.4, -0.2) is 43.3 Å². The largest absolute Gasteiger partial charge is 3.00 e. The van der Waals surface area contributed by atoms with E-state index in [9.17, 15) is 19.8 Å². The van der Waals surface area contributed by atoms with E-state index in [-0.39, 0.29) is 44.2 Å². The number of hydrogen-bond donors (Lipinski definition) is 0. The Hall–Kier alpha value is -0.230. The standard InChI is InChI=1S/2C5H10O2.In.H2O/c2*1-2-3-4-5(6)7;;/h2*2-4H2,1H3,(H,6,7);;1H2/q;;+3;/p-3. The van der Waals surface area contributed by atoms with Crippen LogP contribution >= 0.6 is 0 Å². The van der Waals surface area contributed by atoms with Crippen molar-refractivity contribution < 1.29 is 25.3 Å². The molecule has 0 spiro atoms. The molecule has 0 saturated carbocycles. The molecule has 0 unspecified atom stereocenters. The molecule has 0 rings (SSSR count). The first kappa shape index (κ1) is 24.8. The van der Waals surface area contributed by atoms with Gasteiger partial charge in [0.25, 0.3) is 0 Å². The van der Waals surface area contributed by atoms with E-state index >= 15 is 0 Å². The second-order valence-corrected chi connectivity index (χ2v) is 2.95. The minimum absolute atomic E-state index is 0. The Morgan fingerprint density at radius 3 is 1.19 bits per heavy atom. The second kappa shape index (κ2) is 20.2. The molecule has 0 amide bonds. The number of rotatable bonds is 6. The van der Waals surface area contributed by atoms with Gasteiger partial charge in [0.1, 0.15) is 0 Å². The van der Waals surface area contributed by atoms with Crippen molar-refractivity contribution >= 4 is 37.8 Å². The number of hydrogen-bond acceptors (Lipinski definition) is 5. The van der Waals surface area contributed by atoms with Crippen molar-refractivity contribution in [2.45, 2.75) is 52.4 Å². The monoisotopic (exact) mass is 334 g/mol. The number of carbonyl (C=O) groups excluding carboxylic acids is 2. The van der Waals surface area contributed by atoms with Gasteiger partial charge in [0.05, 0.1) is 0 Å². The van der Waals surface area contributed by atoms with Crippen molar-refractivity contribution in [2.75, 3.05) is 0 Å². The van der Waals surface area contributed by atoms with E-state index in [0.717, 1.165) is 25.7 Å². The van der Waals surface area contributed by atoms with Gasteiger partial charge in [0.15, 0.2) is 0 Å². The first-order valence-electron chi connectivity index (χ1n) is 4.94. The predicted molar refractivity (Wildman–Crippen MR) is 56.8 cm³/mol. The summed E-state index contributed by atoms with van der Waals surface area (Å²) in [5.74, 6) is -1.89. The molecule has 0 fully saturated rings. The zero-order valence-electron chi connectivity index (χ0n) is 9.90. The van der Waals surface area contributed by atoms with Crippen LogP contribution in [0.15, 0.2) is 0 Å². The van der Waals surface area contributed by atoms with Gasteiger partial charge in [-0.3, -0.25) is 0 Å². The van der Waals surface area contributed by atoms with Crippen molar-refractivity contribution in [2.24, 2.45) is 0 Å². The average Bonchev–Trinajstić information content (AvgIpc) is 2.12. The molecule has 92 valence electrons. The molecular weight excluding hydrogens is 315 g/mol. The zero-order chi connectivity index (χ0) is 11.4. The third-order valence-electron chi connectivity index (χ3n) is 1.47. The summed E-state index contributed by atoms with van der Waals surface area (Å²) in [6, 6.07) is 0. The first-order chi connectivity index (χ1) is 6.54. The number of carbonyl (C=O) groups is 2. The quantitative estimate of drug-likeness (QED) is 0.638. The fourth-order valence-electron chi connectivity index (χ4n) is 0.642. The molecule has 0 aromatic carbocycles. The Morgan fingerprint density at radius 2 is 1.12 bits per heavy atom. The molecule has 0 aliphatic carbocycles. The van der Waals surface area contributed by atoms with Crippen molar-refractivity contribution in [1.82, 2.24) is 0 Å². The maximum Gasteiger partial charge on any atom is 3.00 e. The summed E-state index contributed by atoms with van der Waals surface area (Å²) < 4.78 is 0. The van der Waals surface area contributed by atoms with Crippen molar-refractivity contribution in [3.63, 3.8) is 0 Å². The smallest absolute Gasteiger partial charge is 0.870 e. The van der Waals surface area contributed by atoms with Gasteiger partial charge < -0.3 is 25.3 Å². The van der Waals surface area contributed by atoms with E-state index in [0.29, 0.717) is 0 Å². The third-order valence-corrected chi connectivity index (χ3v) is 1.47. The summed E-state index contributed by atoms with van der Waals surface area (Å²) in [4.78, 5) is 19.3. The summed E-state index contributed by atoms with van der Waals surface area (Å²) in [5.41, 5.74) is 0. The minimum Gasteiger partial charge on any atom is -0.870 e. The van der Waals surface area contributed by atoms with Gasteiger partial charge in [-0.25, -0.2) is 0 Å². The molecule has 0 radical (unpaired) electrons. The Morgan fingerprint density at radius 1 is 0.875 bits per heavy atom. The van der Waals surface area contributed by atoms with Gasteiger partial charge in [-0.05, 0) is 25.7 Å². The van der Waals surface area contributed by atoms with Gasteiger partial charge in [-0.15, -0.1) is 0 Å². The van der Waals surface area contributed by atoms with Crippen LogP contribution in [0.2, 0.25) is 0 Å². The molecule has 0 bridgehead atoms. The van der Waals surface area contributed by atoms with E-state index in [1.165, 1.54) is 0 Å². The Bertz CT molecular complexity index is 143. The normalized spacial score (nSPS) is 7.62. The van der Waals surface area contributed by atoms with E-state index in [2.05, 4.69) is 0 Å². The number of carboxylic acid groups (broad SMARTS) is 2. The number of carboxylic acids is 2. The van der Waals surface area contributed by atoms with Gasteiger partial charge in [0.2, 0.25) is 0 Å². The van der Waals surface area contributed by atoms with Gasteiger partial charge >= 0.3 is 25.8 Å². The fourth-order valence-corrected chi connectivity index (χ4v) is 0.642. The van der Waals surface area contributed by atoms with Crippen LogP contribution in [0.25, 0.3) is 0 Å². The van der Waals surface area contributed by atoms with E-state index < -0.39 is 11.9 Å². The third kappa shape index (κ3) is 37.2. The molecule has 16 heavy (non-hydrogen) atoms. The van der Waals surface area contributed by atoms with Crippen molar-refractivity contribution in [3.8, 4) is 0 Å². The van der Waals surface area contributed by atoms with Crippen LogP contribution < -0.4 is 10.2 Å². The molecule has 1 N–H and O–H groups in total. The Labute approximate surface area is 115 Å². The van der Waals surface area contributed by atoms with Gasteiger partial charge in [0, 0.05) is 11.9 Å². The predicted octanol–water partition coefficient (Wildman–Crippen LogP) is -0.705. The zero-order valence-corrected chi connectivity index (χ0v) is 13.2. The van der Waals surface area contributed by atoms with Gasteiger partial charge in [-0.1, -0.05) is 26.7 Å². The Kier molecular flexibility index (Phi) is 31.4. The maximum atomic E-state index is 9.65. The van der Waals surface area contributed by atoms with Crippen molar-refractivity contribution in [1.29, 1.82) is 0 Å². The molecule has 0 aliphatic rings. The summed E-state index contributed by atoms with van der Waals surface area (Å²) in [6.07, 6.45) is 3.74. The average molecular weight is 334 g/mol. The molecule has 0 aliphatic heterocycles. The molecule has 5 nitrogen and oxygen atoms in total. The summed E-state index contributed by atoms with van der Waals surface area (Å²) in [6.45, 7) is 3.89. The number of unbranched alkanes of at least 4 members (excludes halogenated alkanes) is 2. The first-order valence-corrected chi connectivity index (χ1v) is 4.94. The molecule has 0 atom stereocenters. The molecule has 0 aromatic rings. The molecule has 0 heterocycles. The van der Waals surface area contributed by atoms with Crippen LogP contribution in [0, 0.1) is 0 Å². The molecule has 0 saturated heterocycles. The topological polar surface area (TPSA) is 110 Å².